The monoisotopic (exact) mass is 438 g/mol. The lowest BCUT2D eigenvalue weighted by atomic mass is 10.1. The van der Waals surface area contributed by atoms with Crippen LogP contribution in [0, 0.1) is 0 Å². The quantitative estimate of drug-likeness (QED) is 0.588. The van der Waals surface area contributed by atoms with Crippen molar-refractivity contribution in [2.75, 3.05) is 54.6 Å². The van der Waals surface area contributed by atoms with Gasteiger partial charge in [-0.15, -0.1) is 0 Å². The molecule has 1 amide bonds. The fourth-order valence-electron chi connectivity index (χ4n) is 4.07. The summed E-state index contributed by atoms with van der Waals surface area (Å²) in [5.41, 5.74) is 1.53. The molecule has 2 fully saturated rings. The predicted molar refractivity (Wildman–Crippen MR) is 119 cm³/mol. The molecule has 0 spiro atoms. The molecule has 2 aliphatic rings. The Kier molecular flexibility index (Phi) is 5.58. The second kappa shape index (κ2) is 8.67. The summed E-state index contributed by atoms with van der Waals surface area (Å²) in [5, 5.41) is 2.68. The number of nitrogens with one attached hydrogen (secondary N) is 1. The number of benzene rings is 1. The van der Waals surface area contributed by atoms with Gasteiger partial charge >= 0.3 is 0 Å². The van der Waals surface area contributed by atoms with E-state index >= 15 is 0 Å². The first-order valence-corrected chi connectivity index (χ1v) is 10.8. The van der Waals surface area contributed by atoms with E-state index in [1.165, 1.54) is 0 Å². The lowest BCUT2D eigenvalue weighted by Gasteiger charge is -2.38. The number of aromatic nitrogens is 5. The Morgan fingerprint density at radius 1 is 0.969 bits per heavy atom. The number of imidazole rings is 1. The molecule has 0 saturated carbocycles. The molecule has 1 aromatic carbocycles. The van der Waals surface area contributed by atoms with E-state index in [1.54, 1.807) is 4.57 Å². The minimum absolute atomic E-state index is 0.0529. The highest BCUT2D eigenvalue weighted by molar-refractivity contribution is 5.83. The number of ether oxygens (including phenoxy) is 2. The molecule has 1 N–H and O–H groups in total. The number of hydrogen-bond acceptors (Lipinski definition) is 9. The number of carbonyl (C=O) groups is 1. The van der Waals surface area contributed by atoms with E-state index in [4.69, 9.17) is 24.4 Å². The molecular formula is C21H26N8O3. The Balaban J connectivity index is 1.67. The molecule has 4 heterocycles. The third kappa shape index (κ3) is 3.73. The van der Waals surface area contributed by atoms with Crippen LogP contribution in [-0.4, -0.2) is 82.5 Å². The van der Waals surface area contributed by atoms with Gasteiger partial charge in [-0.2, -0.15) is 15.0 Å². The van der Waals surface area contributed by atoms with E-state index in [-0.39, 0.29) is 12.1 Å². The lowest BCUT2D eigenvalue weighted by Crippen LogP contribution is -2.49. The van der Waals surface area contributed by atoms with Gasteiger partial charge in [0.15, 0.2) is 0 Å². The van der Waals surface area contributed by atoms with E-state index < -0.39 is 0 Å². The van der Waals surface area contributed by atoms with Crippen LogP contribution < -0.4 is 15.1 Å². The summed E-state index contributed by atoms with van der Waals surface area (Å²) in [7, 11) is 0. The number of carbonyl (C=O) groups excluding carboxylic acids is 1. The van der Waals surface area contributed by atoms with Crippen molar-refractivity contribution in [1.29, 1.82) is 0 Å². The molecule has 5 rings (SSSR count). The van der Waals surface area contributed by atoms with E-state index in [0.29, 0.717) is 69.7 Å². The zero-order valence-corrected chi connectivity index (χ0v) is 18.1. The molecule has 0 bridgehead atoms. The van der Waals surface area contributed by atoms with E-state index in [2.05, 4.69) is 33.9 Å². The van der Waals surface area contributed by atoms with E-state index in [1.807, 2.05) is 24.3 Å². The minimum atomic E-state index is 0.0529. The summed E-state index contributed by atoms with van der Waals surface area (Å²) >= 11 is 0. The number of hydrogen-bond donors (Lipinski definition) is 1. The molecule has 2 saturated heterocycles. The van der Waals surface area contributed by atoms with Crippen molar-refractivity contribution in [2.45, 2.75) is 26.0 Å². The van der Waals surface area contributed by atoms with Gasteiger partial charge in [-0.1, -0.05) is 12.1 Å². The van der Waals surface area contributed by atoms with Crippen LogP contribution in [-0.2, 0) is 14.3 Å². The third-order valence-electron chi connectivity index (χ3n) is 5.98. The SMILES string of the molecule is C[C@@H]1OCCN(c2nc(N3CCOCC3)nc(-n3c(NC=O)nc4ccccc43)n2)[C@H]1C. The summed E-state index contributed by atoms with van der Waals surface area (Å²) in [5.74, 6) is 1.92. The van der Waals surface area contributed by atoms with Gasteiger partial charge in [-0.25, -0.2) is 9.55 Å². The van der Waals surface area contributed by atoms with E-state index in [0.717, 1.165) is 11.0 Å². The summed E-state index contributed by atoms with van der Waals surface area (Å²) < 4.78 is 13.1. The van der Waals surface area contributed by atoms with Crippen molar-refractivity contribution < 1.29 is 14.3 Å². The lowest BCUT2D eigenvalue weighted by molar-refractivity contribution is -0.105. The van der Waals surface area contributed by atoms with Crippen LogP contribution in [0.25, 0.3) is 17.0 Å². The number of para-hydroxylation sites is 2. The maximum atomic E-state index is 11.3. The predicted octanol–water partition coefficient (Wildman–Crippen LogP) is 1.23. The van der Waals surface area contributed by atoms with Crippen LogP contribution in [0.1, 0.15) is 13.8 Å². The number of rotatable bonds is 5. The summed E-state index contributed by atoms with van der Waals surface area (Å²) in [6, 6.07) is 7.73. The fourth-order valence-corrected chi connectivity index (χ4v) is 4.07. The average Bonchev–Trinajstić information content (AvgIpc) is 3.19. The Hall–Kier alpha value is -3.31. The first-order chi connectivity index (χ1) is 15.7. The van der Waals surface area contributed by atoms with Gasteiger partial charge in [-0.05, 0) is 26.0 Å². The van der Waals surface area contributed by atoms with Crippen LogP contribution in [0.15, 0.2) is 24.3 Å². The highest BCUT2D eigenvalue weighted by atomic mass is 16.5. The second-order valence-corrected chi connectivity index (χ2v) is 7.87. The van der Waals surface area contributed by atoms with Crippen LogP contribution in [0.3, 0.4) is 0 Å². The standard InChI is InChI=1S/C21H26N8O3/c1-14-15(2)32-12-9-28(14)20-24-19(27-7-10-31-11-8-27)25-21(26-20)29-17-6-4-3-5-16(17)23-18(29)22-13-30/h3-6,13-15H,7-12H2,1-2H3,(H,22,23,30)/t14-,15-/m0/s1. The number of anilines is 3. The Labute approximate surface area is 185 Å². The Bertz CT molecular complexity index is 1110. The average molecular weight is 438 g/mol. The Morgan fingerprint density at radius 3 is 2.53 bits per heavy atom. The van der Waals surface area contributed by atoms with Crippen LogP contribution in [0.4, 0.5) is 17.8 Å². The van der Waals surface area contributed by atoms with Gasteiger partial charge in [0.1, 0.15) is 0 Å². The summed E-state index contributed by atoms with van der Waals surface area (Å²) in [6.07, 6.45) is 0.659. The molecule has 2 aliphatic heterocycles. The normalized spacial score (nSPS) is 21.7. The van der Waals surface area contributed by atoms with Crippen LogP contribution in [0.5, 0.6) is 0 Å². The molecule has 2 aromatic heterocycles. The van der Waals surface area contributed by atoms with Gasteiger partial charge < -0.3 is 19.3 Å². The highest BCUT2D eigenvalue weighted by Crippen LogP contribution is 2.27. The number of fused-ring (bicyclic) bond motifs is 1. The minimum Gasteiger partial charge on any atom is -0.378 e. The van der Waals surface area contributed by atoms with Crippen molar-refractivity contribution in [3.8, 4) is 5.95 Å². The van der Waals surface area contributed by atoms with Crippen molar-refractivity contribution in [2.24, 2.45) is 0 Å². The number of amides is 1. The van der Waals surface area contributed by atoms with Crippen molar-refractivity contribution in [3.63, 3.8) is 0 Å². The molecule has 0 aliphatic carbocycles. The molecule has 11 nitrogen and oxygen atoms in total. The smallest absolute Gasteiger partial charge is 0.243 e. The molecule has 2 atom stereocenters. The zero-order chi connectivity index (χ0) is 22.1. The second-order valence-electron chi connectivity index (χ2n) is 7.87. The van der Waals surface area contributed by atoms with E-state index in [9.17, 15) is 4.79 Å². The van der Waals surface area contributed by atoms with Gasteiger partial charge in [0.25, 0.3) is 0 Å². The topological polar surface area (TPSA) is 111 Å². The molecule has 11 heteroatoms. The van der Waals surface area contributed by atoms with Gasteiger partial charge in [0.05, 0.1) is 43.0 Å². The van der Waals surface area contributed by atoms with Gasteiger partial charge in [0.2, 0.25) is 30.2 Å². The first kappa shape index (κ1) is 20.6. The van der Waals surface area contributed by atoms with Crippen LogP contribution in [0.2, 0.25) is 0 Å². The molecule has 0 radical (unpaired) electrons. The molecule has 168 valence electrons. The van der Waals surface area contributed by atoms with Crippen LogP contribution >= 0.6 is 0 Å². The fraction of sp³-hybridized carbons (Fsp3) is 0.476. The molecular weight excluding hydrogens is 412 g/mol. The van der Waals surface area contributed by atoms with Gasteiger partial charge in [0, 0.05) is 19.6 Å². The first-order valence-electron chi connectivity index (χ1n) is 10.8. The third-order valence-corrected chi connectivity index (χ3v) is 5.98. The zero-order valence-electron chi connectivity index (χ0n) is 18.1. The van der Waals surface area contributed by atoms with Crippen molar-refractivity contribution in [3.05, 3.63) is 24.3 Å². The summed E-state index contributed by atoms with van der Waals surface area (Å²) in [4.78, 5) is 34.5. The van der Waals surface area contributed by atoms with Crippen molar-refractivity contribution in [1.82, 2.24) is 24.5 Å². The number of nitrogens with zero attached hydrogens (tertiary/aromatic N) is 7. The number of morpholine rings is 2. The Morgan fingerprint density at radius 2 is 1.72 bits per heavy atom. The molecule has 32 heavy (non-hydrogen) atoms. The molecule has 0 unspecified atom stereocenters. The molecule has 3 aromatic rings. The largest absolute Gasteiger partial charge is 0.378 e. The van der Waals surface area contributed by atoms with Crippen molar-refractivity contribution >= 4 is 35.3 Å². The maximum absolute atomic E-state index is 11.3. The maximum Gasteiger partial charge on any atom is 0.243 e. The summed E-state index contributed by atoms with van der Waals surface area (Å²) in [6.45, 7) is 8.07. The highest BCUT2D eigenvalue weighted by Gasteiger charge is 2.29. The van der Waals surface area contributed by atoms with Gasteiger partial charge in [-0.3, -0.25) is 10.1 Å².